The second-order valence-electron chi connectivity index (χ2n) is 8.06. The molecule has 3 amide bonds. The third-order valence-electron chi connectivity index (χ3n) is 5.43. The molecule has 2 aromatic carbocycles. The summed E-state index contributed by atoms with van der Waals surface area (Å²) in [6.07, 6.45) is 6.09. The van der Waals surface area contributed by atoms with Crippen molar-refractivity contribution < 1.29 is 18.8 Å². The number of aromatic nitrogens is 1. The number of likely N-dealkylation sites (tertiary alicyclic amines) is 1. The number of amides is 3. The summed E-state index contributed by atoms with van der Waals surface area (Å²) in [6.45, 7) is 2.05. The van der Waals surface area contributed by atoms with Gasteiger partial charge in [0.2, 0.25) is 18.7 Å². The topological polar surface area (TPSA) is 101 Å². The predicted octanol–water partition coefficient (Wildman–Crippen LogP) is 4.08. The zero-order chi connectivity index (χ0) is 25.9. The van der Waals surface area contributed by atoms with Crippen LogP contribution in [-0.4, -0.2) is 41.3 Å². The van der Waals surface area contributed by atoms with Gasteiger partial charge in [0.1, 0.15) is 5.82 Å². The summed E-state index contributed by atoms with van der Waals surface area (Å²) in [4.78, 5) is 44.7. The Morgan fingerprint density at radius 1 is 0.972 bits per heavy atom. The summed E-state index contributed by atoms with van der Waals surface area (Å²) in [6, 6.07) is 15.7. The van der Waals surface area contributed by atoms with E-state index in [-0.39, 0.29) is 11.2 Å². The van der Waals surface area contributed by atoms with Crippen LogP contribution < -0.4 is 16.2 Å². The minimum atomic E-state index is -0.592. The number of carbonyl (C=O) groups excluding carboxylic acids is 3. The number of anilines is 2. The van der Waals surface area contributed by atoms with Crippen LogP contribution in [-0.2, 0) is 14.4 Å². The highest BCUT2D eigenvalue weighted by Crippen LogP contribution is 2.32. The van der Waals surface area contributed by atoms with Gasteiger partial charge >= 0.3 is 0 Å². The normalized spacial score (nSPS) is 13.6. The third kappa shape index (κ3) is 7.78. The molecule has 10 heteroatoms. The molecule has 1 aliphatic carbocycles. The largest absolute Gasteiger partial charge is 0.342 e. The monoisotopic (exact) mass is 512 g/mol. The maximum Gasteiger partial charge on any atom is 0.255 e. The number of halogens is 2. The van der Waals surface area contributed by atoms with Crippen molar-refractivity contribution >= 4 is 41.7 Å². The molecule has 2 fully saturated rings. The standard InChI is InChI=1S/C12H9FN2O2.C7H6ClNO.C7H11NO/c13-10-7-9(4-5-11(10)14-8-16)15-6-2-1-3-12(15)17;8-6-1-3-7(4-2-6)9-5-10;9-7(6-2-3-6)8-4-1-5-8/h1-8H,(H,14,16);1-5H,(H,9,10);6H,1-5H2. The molecule has 188 valence electrons. The van der Waals surface area contributed by atoms with E-state index in [4.69, 9.17) is 11.6 Å². The first-order valence-corrected chi connectivity index (χ1v) is 11.7. The van der Waals surface area contributed by atoms with Gasteiger partial charge in [0.15, 0.2) is 0 Å². The Kier molecular flexibility index (Phi) is 9.76. The molecule has 0 radical (unpaired) electrons. The van der Waals surface area contributed by atoms with Gasteiger partial charge in [-0.1, -0.05) is 17.7 Å². The van der Waals surface area contributed by atoms with Crippen molar-refractivity contribution in [3.8, 4) is 5.69 Å². The van der Waals surface area contributed by atoms with Gasteiger partial charge in [0, 0.05) is 48.0 Å². The highest BCUT2D eigenvalue weighted by Gasteiger charge is 2.35. The lowest BCUT2D eigenvalue weighted by molar-refractivity contribution is -0.136. The number of hydrogen-bond acceptors (Lipinski definition) is 4. The molecule has 1 aliphatic heterocycles. The number of carbonyl (C=O) groups is 3. The van der Waals surface area contributed by atoms with E-state index in [0.717, 1.165) is 31.6 Å². The number of nitrogens with zero attached hydrogens (tertiary/aromatic N) is 2. The molecule has 2 aliphatic rings. The molecule has 2 heterocycles. The fourth-order valence-electron chi connectivity index (χ4n) is 3.21. The van der Waals surface area contributed by atoms with Gasteiger partial charge in [0.05, 0.1) is 11.4 Å². The molecular formula is C26H26ClFN4O4. The average Bonchev–Trinajstić information content (AvgIpc) is 3.68. The fourth-order valence-corrected chi connectivity index (χ4v) is 3.34. The number of hydrogen-bond donors (Lipinski definition) is 2. The van der Waals surface area contributed by atoms with Gasteiger partial charge in [0.25, 0.3) is 5.56 Å². The van der Waals surface area contributed by atoms with Crippen LogP contribution in [0.4, 0.5) is 15.8 Å². The van der Waals surface area contributed by atoms with Gasteiger partial charge in [-0.2, -0.15) is 0 Å². The van der Waals surface area contributed by atoms with Crippen molar-refractivity contribution in [2.75, 3.05) is 23.7 Å². The number of rotatable bonds is 6. The minimum Gasteiger partial charge on any atom is -0.342 e. The summed E-state index contributed by atoms with van der Waals surface area (Å²) in [5.74, 6) is 0.261. The van der Waals surface area contributed by atoms with Crippen molar-refractivity contribution in [1.82, 2.24) is 9.47 Å². The van der Waals surface area contributed by atoms with Crippen LogP contribution in [0.1, 0.15) is 19.3 Å². The van der Waals surface area contributed by atoms with Gasteiger partial charge in [-0.3, -0.25) is 23.7 Å². The smallest absolute Gasteiger partial charge is 0.255 e. The predicted molar refractivity (Wildman–Crippen MR) is 137 cm³/mol. The molecule has 8 nitrogen and oxygen atoms in total. The second-order valence-corrected chi connectivity index (χ2v) is 8.49. The van der Waals surface area contributed by atoms with Crippen molar-refractivity contribution in [3.05, 3.63) is 88.1 Å². The van der Waals surface area contributed by atoms with Crippen LogP contribution in [0.2, 0.25) is 5.02 Å². The highest BCUT2D eigenvalue weighted by molar-refractivity contribution is 6.30. The third-order valence-corrected chi connectivity index (χ3v) is 5.68. The Morgan fingerprint density at radius 3 is 2.19 bits per heavy atom. The lowest BCUT2D eigenvalue weighted by Crippen LogP contribution is -2.42. The lowest BCUT2D eigenvalue weighted by Gasteiger charge is -2.30. The Hall–Kier alpha value is -3.98. The van der Waals surface area contributed by atoms with E-state index in [2.05, 4.69) is 10.6 Å². The van der Waals surface area contributed by atoms with E-state index in [9.17, 15) is 23.6 Å². The van der Waals surface area contributed by atoms with E-state index in [1.165, 1.54) is 29.2 Å². The van der Waals surface area contributed by atoms with E-state index < -0.39 is 5.82 Å². The van der Waals surface area contributed by atoms with Crippen molar-refractivity contribution in [2.24, 2.45) is 5.92 Å². The van der Waals surface area contributed by atoms with Gasteiger partial charge in [-0.25, -0.2) is 4.39 Å². The first kappa shape index (κ1) is 26.6. The van der Waals surface area contributed by atoms with Crippen LogP contribution in [0.5, 0.6) is 0 Å². The quantitative estimate of drug-likeness (QED) is 0.486. The Morgan fingerprint density at radius 2 is 1.67 bits per heavy atom. The Bertz CT molecular complexity index is 1240. The summed E-state index contributed by atoms with van der Waals surface area (Å²) in [5, 5.41) is 5.39. The van der Waals surface area contributed by atoms with Crippen molar-refractivity contribution in [1.29, 1.82) is 0 Å². The molecular weight excluding hydrogens is 487 g/mol. The lowest BCUT2D eigenvalue weighted by atomic mass is 10.2. The molecule has 0 atom stereocenters. The van der Waals surface area contributed by atoms with Crippen LogP contribution >= 0.6 is 11.6 Å². The number of pyridine rings is 1. The van der Waals surface area contributed by atoms with E-state index in [1.807, 2.05) is 4.90 Å². The van der Waals surface area contributed by atoms with E-state index >= 15 is 0 Å². The second kappa shape index (κ2) is 13.2. The summed E-state index contributed by atoms with van der Waals surface area (Å²) in [5.41, 5.74) is 0.986. The highest BCUT2D eigenvalue weighted by atomic mass is 35.5. The van der Waals surface area contributed by atoms with Crippen molar-refractivity contribution in [3.63, 3.8) is 0 Å². The number of nitrogens with one attached hydrogen (secondary N) is 2. The van der Waals surface area contributed by atoms with Gasteiger partial charge < -0.3 is 15.5 Å². The molecule has 36 heavy (non-hydrogen) atoms. The molecule has 2 N–H and O–H groups in total. The zero-order valence-corrected chi connectivity index (χ0v) is 20.2. The molecule has 5 rings (SSSR count). The molecule has 3 aromatic rings. The first-order valence-electron chi connectivity index (χ1n) is 11.3. The minimum absolute atomic E-state index is 0.0766. The van der Waals surface area contributed by atoms with Gasteiger partial charge in [-0.15, -0.1) is 0 Å². The van der Waals surface area contributed by atoms with Crippen molar-refractivity contribution in [2.45, 2.75) is 19.3 Å². The van der Waals surface area contributed by atoms with Crippen LogP contribution in [0, 0.1) is 11.7 Å². The Balaban J connectivity index is 0.000000162. The van der Waals surface area contributed by atoms with Crippen LogP contribution in [0.15, 0.2) is 71.7 Å². The molecule has 0 spiro atoms. The van der Waals surface area contributed by atoms with Crippen LogP contribution in [0.25, 0.3) is 5.69 Å². The maximum atomic E-state index is 13.5. The summed E-state index contributed by atoms with van der Waals surface area (Å²) in [7, 11) is 0. The fraction of sp³-hybridized carbons (Fsp3) is 0.231. The molecule has 0 unspecified atom stereocenters. The molecule has 1 saturated heterocycles. The molecule has 1 aromatic heterocycles. The zero-order valence-electron chi connectivity index (χ0n) is 19.4. The van der Waals surface area contributed by atoms with E-state index in [1.54, 1.807) is 48.7 Å². The van der Waals surface area contributed by atoms with E-state index in [0.29, 0.717) is 35.4 Å². The summed E-state index contributed by atoms with van der Waals surface area (Å²) >= 11 is 5.60. The molecule has 0 bridgehead atoms. The number of benzene rings is 2. The SMILES string of the molecule is O=C(C1CC1)N1CCC1.O=CNc1ccc(-n2ccccc2=O)cc1F.O=CNc1ccc(Cl)cc1. The van der Waals surface area contributed by atoms with Crippen LogP contribution in [0.3, 0.4) is 0 Å². The first-order chi connectivity index (χ1) is 17.4. The average molecular weight is 513 g/mol. The summed E-state index contributed by atoms with van der Waals surface area (Å²) < 4.78 is 14.8. The van der Waals surface area contributed by atoms with Gasteiger partial charge in [-0.05, 0) is 61.7 Å². The maximum absolute atomic E-state index is 13.5. The molecule has 1 saturated carbocycles. The Labute approximate surface area is 212 Å².